The molecule has 26 heavy (non-hydrogen) atoms. The minimum atomic E-state index is -0.0950. The maximum atomic E-state index is 12.4. The van der Waals surface area contributed by atoms with E-state index in [1.54, 1.807) is 22.0 Å². The van der Waals surface area contributed by atoms with Crippen LogP contribution < -0.4 is 10.6 Å². The molecule has 2 aliphatic rings. The fraction of sp³-hybridized carbons (Fsp3) is 0.706. The highest BCUT2D eigenvalue weighted by atomic mass is 35.5. The van der Waals surface area contributed by atoms with E-state index in [0.29, 0.717) is 25.3 Å². The highest BCUT2D eigenvalue weighted by molar-refractivity contribution is 5.92. The highest BCUT2D eigenvalue weighted by Crippen LogP contribution is 2.27. The number of nitrogens with one attached hydrogen (secondary N) is 2. The average Bonchev–Trinajstić information content (AvgIpc) is 3.26. The van der Waals surface area contributed by atoms with Crippen molar-refractivity contribution in [2.45, 2.75) is 45.4 Å². The minimum absolute atomic E-state index is 0. The summed E-state index contributed by atoms with van der Waals surface area (Å²) in [6.45, 7) is 6.49. The van der Waals surface area contributed by atoms with Gasteiger partial charge in [0.1, 0.15) is 6.54 Å². The molecule has 2 heterocycles. The molecular formula is C17H28ClN5O3. The van der Waals surface area contributed by atoms with Gasteiger partial charge in [-0.3, -0.25) is 14.3 Å². The van der Waals surface area contributed by atoms with E-state index >= 15 is 0 Å². The van der Waals surface area contributed by atoms with Gasteiger partial charge in [0.25, 0.3) is 0 Å². The molecule has 146 valence electrons. The summed E-state index contributed by atoms with van der Waals surface area (Å²) in [5.74, 6) is 0.656. The molecular weight excluding hydrogens is 358 g/mol. The summed E-state index contributed by atoms with van der Waals surface area (Å²) in [6.07, 6.45) is 5.86. The zero-order valence-corrected chi connectivity index (χ0v) is 16.1. The molecule has 1 aliphatic heterocycles. The summed E-state index contributed by atoms with van der Waals surface area (Å²) < 4.78 is 7.20. The molecule has 2 fully saturated rings. The molecule has 0 aromatic carbocycles. The summed E-state index contributed by atoms with van der Waals surface area (Å²) in [4.78, 5) is 26.1. The Morgan fingerprint density at radius 3 is 2.62 bits per heavy atom. The molecule has 3 rings (SSSR count). The van der Waals surface area contributed by atoms with Crippen LogP contribution in [-0.4, -0.2) is 64.9 Å². The number of carbonyl (C=O) groups excluding carboxylic acids is 2. The van der Waals surface area contributed by atoms with E-state index in [2.05, 4.69) is 15.7 Å². The van der Waals surface area contributed by atoms with Crippen LogP contribution in [0.5, 0.6) is 0 Å². The van der Waals surface area contributed by atoms with Gasteiger partial charge in [0.15, 0.2) is 0 Å². The lowest BCUT2D eigenvalue weighted by molar-refractivity contribution is -0.144. The number of hydrogen-bond acceptors (Lipinski definition) is 5. The molecule has 1 aromatic heterocycles. The molecule has 1 saturated carbocycles. The summed E-state index contributed by atoms with van der Waals surface area (Å²) >= 11 is 0. The van der Waals surface area contributed by atoms with Crippen LogP contribution in [0.4, 0.5) is 5.69 Å². The Morgan fingerprint density at radius 1 is 1.27 bits per heavy atom. The fourth-order valence-electron chi connectivity index (χ4n) is 3.05. The molecule has 2 amide bonds. The molecule has 2 unspecified atom stereocenters. The van der Waals surface area contributed by atoms with Crippen molar-refractivity contribution in [1.82, 2.24) is 20.0 Å². The molecule has 8 nitrogen and oxygen atoms in total. The van der Waals surface area contributed by atoms with Crippen LogP contribution in [-0.2, 0) is 20.9 Å². The summed E-state index contributed by atoms with van der Waals surface area (Å²) in [5.41, 5.74) is 0.606. The second kappa shape index (κ2) is 9.34. The van der Waals surface area contributed by atoms with Crippen molar-refractivity contribution < 1.29 is 14.3 Å². The van der Waals surface area contributed by atoms with Crippen LogP contribution in [0.25, 0.3) is 0 Å². The predicted molar refractivity (Wildman–Crippen MR) is 100 cm³/mol. The van der Waals surface area contributed by atoms with E-state index in [1.165, 1.54) is 12.8 Å². The lowest BCUT2D eigenvalue weighted by Gasteiger charge is -2.35. The molecule has 2 atom stereocenters. The van der Waals surface area contributed by atoms with Crippen LogP contribution in [0.3, 0.4) is 0 Å². The second-order valence-corrected chi connectivity index (χ2v) is 7.11. The Bertz CT molecular complexity index is 609. The Hall–Kier alpha value is -1.64. The maximum absolute atomic E-state index is 12.4. The molecule has 0 radical (unpaired) electrons. The van der Waals surface area contributed by atoms with Crippen molar-refractivity contribution in [3.63, 3.8) is 0 Å². The minimum Gasteiger partial charge on any atom is -0.372 e. The zero-order chi connectivity index (χ0) is 17.8. The van der Waals surface area contributed by atoms with E-state index < -0.39 is 0 Å². The largest absolute Gasteiger partial charge is 0.372 e. The number of rotatable bonds is 7. The van der Waals surface area contributed by atoms with E-state index in [4.69, 9.17) is 4.74 Å². The number of amides is 2. The van der Waals surface area contributed by atoms with Crippen LogP contribution in [0, 0.1) is 5.92 Å². The average molecular weight is 386 g/mol. The Morgan fingerprint density at radius 2 is 1.96 bits per heavy atom. The number of halogens is 1. The molecule has 1 saturated heterocycles. The van der Waals surface area contributed by atoms with Gasteiger partial charge in [-0.25, -0.2) is 0 Å². The molecule has 1 aliphatic carbocycles. The first-order valence-electron chi connectivity index (χ1n) is 8.96. The van der Waals surface area contributed by atoms with Gasteiger partial charge in [0.2, 0.25) is 11.8 Å². The van der Waals surface area contributed by atoms with Crippen molar-refractivity contribution >= 4 is 29.9 Å². The van der Waals surface area contributed by atoms with Gasteiger partial charge >= 0.3 is 0 Å². The molecule has 0 bridgehead atoms. The summed E-state index contributed by atoms with van der Waals surface area (Å²) in [6, 6.07) is 0. The van der Waals surface area contributed by atoms with Crippen molar-refractivity contribution in [1.29, 1.82) is 0 Å². The number of hydrogen-bond donors (Lipinski definition) is 2. The molecule has 2 N–H and O–H groups in total. The van der Waals surface area contributed by atoms with Gasteiger partial charge in [0, 0.05) is 19.3 Å². The summed E-state index contributed by atoms with van der Waals surface area (Å²) in [7, 11) is 0. The van der Waals surface area contributed by atoms with E-state index in [1.807, 2.05) is 13.8 Å². The first-order valence-corrected chi connectivity index (χ1v) is 8.96. The number of nitrogens with zero attached hydrogens (tertiary/aromatic N) is 3. The smallest absolute Gasteiger partial charge is 0.244 e. The fourth-order valence-corrected chi connectivity index (χ4v) is 3.05. The number of aromatic nitrogens is 2. The van der Waals surface area contributed by atoms with Gasteiger partial charge in [0.05, 0.1) is 30.6 Å². The number of carbonyl (C=O) groups is 2. The van der Waals surface area contributed by atoms with Crippen molar-refractivity contribution in [3.05, 3.63) is 12.4 Å². The maximum Gasteiger partial charge on any atom is 0.244 e. The first kappa shape index (κ1) is 20.7. The van der Waals surface area contributed by atoms with Gasteiger partial charge in [-0.05, 0) is 39.2 Å². The van der Waals surface area contributed by atoms with Crippen LogP contribution in [0.1, 0.15) is 26.7 Å². The Kier molecular flexibility index (Phi) is 7.43. The summed E-state index contributed by atoms with van der Waals surface area (Å²) in [5, 5.41) is 10.1. The van der Waals surface area contributed by atoms with Gasteiger partial charge < -0.3 is 20.3 Å². The highest BCUT2D eigenvalue weighted by Gasteiger charge is 2.26. The zero-order valence-electron chi connectivity index (χ0n) is 15.3. The molecule has 9 heteroatoms. The first-order chi connectivity index (χ1) is 12.0. The van der Waals surface area contributed by atoms with Gasteiger partial charge in [-0.2, -0.15) is 5.10 Å². The van der Waals surface area contributed by atoms with Crippen LogP contribution >= 0.6 is 12.4 Å². The SMILES string of the molecule is CC1CN(C(=O)Cn2cc(NC(=O)CNCC3CC3)cn2)CC(C)O1.Cl. The van der Waals surface area contributed by atoms with Gasteiger partial charge in [-0.15, -0.1) is 12.4 Å². The number of anilines is 1. The number of ether oxygens (including phenoxy) is 1. The van der Waals surface area contributed by atoms with Crippen molar-refractivity contribution in [2.75, 3.05) is 31.5 Å². The van der Waals surface area contributed by atoms with Gasteiger partial charge in [-0.1, -0.05) is 0 Å². The molecule has 0 spiro atoms. The number of morpholine rings is 1. The standard InChI is InChI=1S/C17H27N5O3.ClH/c1-12-8-21(9-13(2)25-12)17(24)11-22-10-15(6-19-22)20-16(23)7-18-5-14-3-4-14;/h6,10,12-14,18H,3-5,7-9,11H2,1-2H3,(H,20,23);1H. The van der Waals surface area contributed by atoms with Crippen molar-refractivity contribution in [2.24, 2.45) is 5.92 Å². The monoisotopic (exact) mass is 385 g/mol. The predicted octanol–water partition coefficient (Wildman–Crippen LogP) is 0.879. The van der Waals surface area contributed by atoms with Crippen LogP contribution in [0.2, 0.25) is 0 Å². The topological polar surface area (TPSA) is 88.5 Å². The third-order valence-corrected chi connectivity index (χ3v) is 4.40. The van der Waals surface area contributed by atoms with Crippen LogP contribution in [0.15, 0.2) is 12.4 Å². The van der Waals surface area contributed by atoms with E-state index in [0.717, 1.165) is 12.5 Å². The molecule has 1 aromatic rings. The Balaban J connectivity index is 0.00000243. The normalized spacial score (nSPS) is 22.6. The third kappa shape index (κ3) is 6.26. The third-order valence-electron chi connectivity index (χ3n) is 4.40. The lowest BCUT2D eigenvalue weighted by Crippen LogP contribution is -2.49. The quantitative estimate of drug-likeness (QED) is 0.727. The van der Waals surface area contributed by atoms with Crippen molar-refractivity contribution in [3.8, 4) is 0 Å². The van der Waals surface area contributed by atoms with E-state index in [9.17, 15) is 9.59 Å². The van der Waals surface area contributed by atoms with E-state index in [-0.39, 0.29) is 43.0 Å². The Labute approximate surface area is 160 Å². The second-order valence-electron chi connectivity index (χ2n) is 7.11. The lowest BCUT2D eigenvalue weighted by atomic mass is 10.2.